The van der Waals surface area contributed by atoms with Gasteiger partial charge in [-0.25, -0.2) is 4.98 Å². The second kappa shape index (κ2) is 9.58. The van der Waals surface area contributed by atoms with Gasteiger partial charge < -0.3 is 15.2 Å². The topological polar surface area (TPSA) is 71.5 Å². The Morgan fingerprint density at radius 2 is 1.90 bits per heavy atom. The van der Waals surface area contributed by atoms with Crippen molar-refractivity contribution in [2.45, 2.75) is 17.9 Å². The van der Waals surface area contributed by atoms with E-state index in [1.165, 1.54) is 12.7 Å². The van der Waals surface area contributed by atoms with Crippen molar-refractivity contribution in [2.24, 2.45) is 0 Å². The number of hydrogen-bond donors (Lipinski definition) is 2. The average molecular weight is 409 g/mol. The summed E-state index contributed by atoms with van der Waals surface area (Å²) in [6, 6.07) is 16.9. The van der Waals surface area contributed by atoms with Crippen LogP contribution in [0.25, 0.3) is 11.1 Å². The lowest BCUT2D eigenvalue weighted by atomic mass is 10.0. The maximum atomic E-state index is 12.9. The minimum absolute atomic E-state index is 0.229. The first-order valence-corrected chi connectivity index (χ1v) is 10.4. The minimum atomic E-state index is -0.554. The molecule has 1 atom stereocenters. The summed E-state index contributed by atoms with van der Waals surface area (Å²) >= 11 is 1.58. The number of nitrogens with one attached hydrogen (secondary N) is 1. The first-order valence-electron chi connectivity index (χ1n) is 9.22. The Morgan fingerprint density at radius 1 is 1.14 bits per heavy atom. The van der Waals surface area contributed by atoms with E-state index in [-0.39, 0.29) is 12.5 Å². The third-order valence-electron chi connectivity index (χ3n) is 4.65. The van der Waals surface area contributed by atoms with Crippen LogP contribution in [0.3, 0.4) is 0 Å². The Hall–Kier alpha value is -2.83. The van der Waals surface area contributed by atoms with Gasteiger partial charge in [-0.1, -0.05) is 29.8 Å². The molecule has 29 heavy (non-hydrogen) atoms. The molecule has 0 saturated carbocycles. The van der Waals surface area contributed by atoms with Crippen LogP contribution in [-0.2, 0) is 0 Å². The van der Waals surface area contributed by atoms with Crippen molar-refractivity contribution in [1.82, 2.24) is 10.3 Å². The number of amides is 1. The SMILES string of the molecule is COc1ccc([C@@H](CO)NC(=O)c2cc(SC)cc(-c3ccc(C)cc3)c2)cn1. The van der Waals surface area contributed by atoms with Crippen LogP contribution in [0, 0.1) is 6.92 Å². The van der Waals surface area contributed by atoms with Gasteiger partial charge in [0.1, 0.15) is 0 Å². The highest BCUT2D eigenvalue weighted by Crippen LogP contribution is 2.27. The Bertz CT molecular complexity index is 972. The monoisotopic (exact) mass is 408 g/mol. The number of aromatic nitrogens is 1. The highest BCUT2D eigenvalue weighted by atomic mass is 32.2. The third-order valence-corrected chi connectivity index (χ3v) is 5.36. The van der Waals surface area contributed by atoms with Crippen molar-refractivity contribution in [2.75, 3.05) is 20.0 Å². The van der Waals surface area contributed by atoms with Crippen LogP contribution >= 0.6 is 11.8 Å². The number of benzene rings is 2. The second-order valence-corrected chi connectivity index (χ2v) is 7.54. The standard InChI is InChI=1S/C23H24N2O3S/c1-15-4-6-16(7-5-15)18-10-19(12-20(11-18)29-3)23(27)25-21(14-26)17-8-9-22(28-2)24-13-17/h4-13,21,26H,14H2,1-3H3,(H,25,27)/t21-/m1/s1. The Balaban J connectivity index is 1.86. The van der Waals surface area contributed by atoms with Crippen LogP contribution in [0.2, 0.25) is 0 Å². The summed E-state index contributed by atoms with van der Waals surface area (Å²) in [7, 11) is 1.54. The van der Waals surface area contributed by atoms with E-state index in [1.54, 1.807) is 30.1 Å². The molecule has 0 aliphatic rings. The molecule has 6 heteroatoms. The molecule has 0 saturated heterocycles. The molecule has 1 heterocycles. The number of aliphatic hydroxyl groups excluding tert-OH is 1. The van der Waals surface area contributed by atoms with E-state index in [9.17, 15) is 9.90 Å². The van der Waals surface area contributed by atoms with Gasteiger partial charge >= 0.3 is 0 Å². The Morgan fingerprint density at radius 3 is 2.48 bits per heavy atom. The van der Waals surface area contributed by atoms with Gasteiger partial charge in [-0.15, -0.1) is 11.8 Å². The van der Waals surface area contributed by atoms with E-state index in [2.05, 4.69) is 40.6 Å². The van der Waals surface area contributed by atoms with E-state index in [4.69, 9.17) is 4.74 Å². The lowest BCUT2D eigenvalue weighted by molar-refractivity contribution is 0.0916. The van der Waals surface area contributed by atoms with E-state index in [0.717, 1.165) is 16.0 Å². The zero-order chi connectivity index (χ0) is 20.8. The summed E-state index contributed by atoms with van der Waals surface area (Å²) in [5, 5.41) is 12.7. The number of aliphatic hydroxyl groups is 1. The van der Waals surface area contributed by atoms with Gasteiger partial charge in [0.15, 0.2) is 0 Å². The fraction of sp³-hybridized carbons (Fsp3) is 0.217. The number of ether oxygens (including phenoxy) is 1. The molecule has 150 valence electrons. The van der Waals surface area contributed by atoms with Gasteiger partial charge in [0.25, 0.3) is 5.91 Å². The summed E-state index contributed by atoms with van der Waals surface area (Å²) in [4.78, 5) is 18.1. The molecule has 0 aliphatic carbocycles. The second-order valence-electron chi connectivity index (χ2n) is 6.66. The number of carbonyl (C=O) groups excluding carboxylic acids is 1. The Kier molecular flexibility index (Phi) is 6.90. The number of carbonyl (C=O) groups is 1. The molecule has 0 bridgehead atoms. The molecule has 1 aromatic heterocycles. The van der Waals surface area contributed by atoms with Crippen molar-refractivity contribution in [3.05, 3.63) is 77.5 Å². The summed E-state index contributed by atoms with van der Waals surface area (Å²) < 4.78 is 5.06. The van der Waals surface area contributed by atoms with Crippen LogP contribution in [0.15, 0.2) is 65.7 Å². The number of pyridine rings is 1. The van der Waals surface area contributed by atoms with Gasteiger partial charge in [0, 0.05) is 22.7 Å². The van der Waals surface area contributed by atoms with Crippen LogP contribution < -0.4 is 10.1 Å². The zero-order valence-electron chi connectivity index (χ0n) is 16.7. The van der Waals surface area contributed by atoms with Crippen molar-refractivity contribution >= 4 is 17.7 Å². The predicted octanol–water partition coefficient (Wildman–Crippen LogP) is 4.25. The predicted molar refractivity (Wildman–Crippen MR) is 116 cm³/mol. The smallest absolute Gasteiger partial charge is 0.251 e. The molecule has 2 N–H and O–H groups in total. The highest BCUT2D eigenvalue weighted by Gasteiger charge is 2.17. The number of aryl methyl sites for hydroxylation is 1. The van der Waals surface area contributed by atoms with Gasteiger partial charge in [0.2, 0.25) is 5.88 Å². The molecule has 3 rings (SSSR count). The highest BCUT2D eigenvalue weighted by molar-refractivity contribution is 7.98. The maximum absolute atomic E-state index is 12.9. The summed E-state index contributed by atoms with van der Waals surface area (Å²) in [6.07, 6.45) is 3.57. The van der Waals surface area contributed by atoms with Gasteiger partial charge in [-0.3, -0.25) is 4.79 Å². The fourth-order valence-corrected chi connectivity index (χ4v) is 3.44. The summed E-state index contributed by atoms with van der Waals surface area (Å²) in [6.45, 7) is 1.82. The molecular formula is C23H24N2O3S. The molecule has 3 aromatic rings. The molecule has 0 radical (unpaired) electrons. The first-order chi connectivity index (χ1) is 14.0. The van der Waals surface area contributed by atoms with Crippen LogP contribution in [0.4, 0.5) is 0 Å². The maximum Gasteiger partial charge on any atom is 0.251 e. The summed E-state index contributed by atoms with van der Waals surface area (Å²) in [5.41, 5.74) is 4.48. The van der Waals surface area contributed by atoms with Crippen molar-refractivity contribution in [1.29, 1.82) is 0 Å². The Labute approximate surface area is 175 Å². The minimum Gasteiger partial charge on any atom is -0.481 e. The first kappa shape index (κ1) is 20.9. The van der Waals surface area contributed by atoms with Gasteiger partial charge in [-0.2, -0.15) is 0 Å². The third kappa shape index (κ3) is 5.16. The number of rotatable bonds is 7. The molecular weight excluding hydrogens is 384 g/mol. The number of hydrogen-bond acceptors (Lipinski definition) is 5. The molecule has 2 aromatic carbocycles. The zero-order valence-corrected chi connectivity index (χ0v) is 17.5. The normalized spacial score (nSPS) is 11.7. The van der Waals surface area contributed by atoms with E-state index < -0.39 is 6.04 Å². The summed E-state index contributed by atoms with van der Waals surface area (Å²) in [5.74, 6) is 0.233. The van der Waals surface area contributed by atoms with Crippen molar-refractivity contribution in [3.8, 4) is 17.0 Å². The molecule has 1 amide bonds. The number of thioether (sulfide) groups is 1. The van der Waals surface area contributed by atoms with Gasteiger partial charge in [-0.05, 0) is 54.1 Å². The van der Waals surface area contributed by atoms with Crippen molar-refractivity contribution in [3.63, 3.8) is 0 Å². The van der Waals surface area contributed by atoms with Crippen LogP contribution in [0.5, 0.6) is 5.88 Å². The lowest BCUT2D eigenvalue weighted by Crippen LogP contribution is -2.31. The van der Waals surface area contributed by atoms with E-state index in [1.807, 2.05) is 25.3 Å². The van der Waals surface area contributed by atoms with Crippen LogP contribution in [0.1, 0.15) is 27.5 Å². The van der Waals surface area contributed by atoms with Gasteiger partial charge in [0.05, 0.1) is 19.8 Å². The average Bonchev–Trinajstić information content (AvgIpc) is 2.77. The fourth-order valence-electron chi connectivity index (χ4n) is 2.96. The van der Waals surface area contributed by atoms with E-state index >= 15 is 0 Å². The van der Waals surface area contributed by atoms with E-state index in [0.29, 0.717) is 17.0 Å². The quantitative estimate of drug-likeness (QED) is 0.572. The van der Waals surface area contributed by atoms with Crippen molar-refractivity contribution < 1.29 is 14.6 Å². The van der Waals surface area contributed by atoms with Crippen LogP contribution in [-0.4, -0.2) is 36.0 Å². The molecule has 0 aliphatic heterocycles. The molecule has 0 unspecified atom stereocenters. The largest absolute Gasteiger partial charge is 0.481 e. The molecule has 0 spiro atoms. The molecule has 0 fully saturated rings. The lowest BCUT2D eigenvalue weighted by Gasteiger charge is -2.17. The number of nitrogens with zero attached hydrogens (tertiary/aromatic N) is 1. The molecule has 5 nitrogen and oxygen atoms in total. The number of methoxy groups -OCH3 is 1.